The van der Waals surface area contributed by atoms with Gasteiger partial charge in [-0.1, -0.05) is 6.07 Å². The molecule has 0 saturated heterocycles. The summed E-state index contributed by atoms with van der Waals surface area (Å²) in [5, 5.41) is 15.9. The molecule has 1 aliphatic rings. The summed E-state index contributed by atoms with van der Waals surface area (Å²) in [6, 6.07) is 7.05. The number of carbonyl (C=O) groups excluding carboxylic acids is 1. The van der Waals surface area contributed by atoms with Crippen LogP contribution in [0.5, 0.6) is 11.5 Å². The Labute approximate surface area is 180 Å². The number of nitrogens with zero attached hydrogens (tertiary/aromatic N) is 3. The van der Waals surface area contributed by atoms with Crippen molar-refractivity contribution in [1.29, 1.82) is 5.26 Å². The molecule has 1 aromatic carbocycles. The van der Waals surface area contributed by atoms with Crippen molar-refractivity contribution in [3.05, 3.63) is 46.1 Å². The lowest BCUT2D eigenvalue weighted by Gasteiger charge is -2.20. The summed E-state index contributed by atoms with van der Waals surface area (Å²) >= 11 is 1.55. The highest BCUT2D eigenvalue weighted by atomic mass is 32.1. The molecule has 8 nitrogen and oxygen atoms in total. The number of rotatable bonds is 7. The highest BCUT2D eigenvalue weighted by Gasteiger charge is 2.19. The van der Waals surface area contributed by atoms with Crippen molar-refractivity contribution in [3.63, 3.8) is 0 Å². The number of aromatic nitrogens is 1. The first-order valence-electron chi connectivity index (χ1n) is 9.51. The fourth-order valence-corrected chi connectivity index (χ4v) is 4.20. The number of methoxy groups -OCH3 is 2. The zero-order valence-corrected chi connectivity index (χ0v) is 18.3. The molecule has 0 fully saturated rings. The van der Waals surface area contributed by atoms with Gasteiger partial charge in [-0.2, -0.15) is 5.26 Å². The van der Waals surface area contributed by atoms with Crippen LogP contribution >= 0.6 is 11.3 Å². The van der Waals surface area contributed by atoms with E-state index in [4.69, 9.17) is 9.47 Å². The van der Waals surface area contributed by atoms with Gasteiger partial charge >= 0.3 is 0 Å². The van der Waals surface area contributed by atoms with Crippen LogP contribution in [0.25, 0.3) is 0 Å². The summed E-state index contributed by atoms with van der Waals surface area (Å²) in [6.07, 6.45) is 2.31. The summed E-state index contributed by atoms with van der Waals surface area (Å²) in [6.45, 7) is 3.69. The average molecular weight is 428 g/mol. The van der Waals surface area contributed by atoms with Crippen LogP contribution in [0.15, 0.2) is 30.0 Å². The van der Waals surface area contributed by atoms with Gasteiger partial charge in [-0.05, 0) is 31.7 Å². The van der Waals surface area contributed by atoms with E-state index in [1.165, 1.54) is 11.1 Å². The number of hydrogen-bond acceptors (Lipinski definition) is 8. The molecule has 1 unspecified atom stereocenters. The van der Waals surface area contributed by atoms with Crippen LogP contribution in [-0.4, -0.2) is 43.6 Å². The van der Waals surface area contributed by atoms with Crippen molar-refractivity contribution in [2.24, 2.45) is 0 Å². The van der Waals surface area contributed by atoms with Crippen molar-refractivity contribution in [1.82, 2.24) is 15.2 Å². The standard InChI is InChI=1S/C21H25N5O3S/c1-13(14-5-6-17(28-3)18(9-14)29-4)24-20(27)15(10-22)11-23-21-25-16-7-8-26(2)12-19(16)30-21/h5-6,9,11,13H,7-8,12H2,1-4H3,(H,23,25)(H,24,27)/b15-11-. The van der Waals surface area contributed by atoms with Gasteiger partial charge in [-0.3, -0.25) is 4.79 Å². The van der Waals surface area contributed by atoms with Gasteiger partial charge < -0.3 is 25.0 Å². The zero-order valence-electron chi connectivity index (χ0n) is 17.5. The number of ether oxygens (including phenoxy) is 2. The molecule has 2 N–H and O–H groups in total. The van der Waals surface area contributed by atoms with Crippen LogP contribution in [0.1, 0.15) is 29.1 Å². The normalized spacial score (nSPS) is 15.0. The van der Waals surface area contributed by atoms with Gasteiger partial charge in [0.25, 0.3) is 5.91 Å². The second-order valence-corrected chi connectivity index (χ2v) is 8.08. The SMILES string of the molecule is COc1ccc(C(C)NC(=O)/C(C#N)=C\Nc2nc3c(s2)CN(C)CC3)cc1OC. The molecule has 2 aromatic rings. The third-order valence-corrected chi connectivity index (χ3v) is 5.90. The number of nitriles is 1. The molecule has 0 spiro atoms. The Bertz CT molecular complexity index is 995. The summed E-state index contributed by atoms with van der Waals surface area (Å²) in [7, 11) is 5.20. The molecule has 1 aromatic heterocycles. The van der Waals surface area contributed by atoms with Gasteiger partial charge in [0.05, 0.1) is 26.0 Å². The largest absolute Gasteiger partial charge is 0.493 e. The van der Waals surface area contributed by atoms with E-state index in [-0.39, 0.29) is 11.6 Å². The molecule has 1 atom stereocenters. The number of fused-ring (bicyclic) bond motifs is 1. The third kappa shape index (κ3) is 4.90. The molecule has 158 valence electrons. The Morgan fingerprint density at radius 1 is 1.37 bits per heavy atom. The summed E-state index contributed by atoms with van der Waals surface area (Å²) in [4.78, 5) is 20.6. The van der Waals surface area contributed by atoms with Crippen LogP contribution < -0.4 is 20.1 Å². The number of amides is 1. The van der Waals surface area contributed by atoms with Crippen molar-refractivity contribution in [2.45, 2.75) is 25.9 Å². The Morgan fingerprint density at radius 3 is 2.83 bits per heavy atom. The summed E-state index contributed by atoms with van der Waals surface area (Å²) in [5.41, 5.74) is 1.90. The molecule has 0 bridgehead atoms. The van der Waals surface area contributed by atoms with E-state index in [1.54, 1.807) is 37.7 Å². The Hall–Kier alpha value is -3.09. The predicted molar refractivity (Wildman–Crippen MR) is 116 cm³/mol. The smallest absolute Gasteiger partial charge is 0.263 e. The van der Waals surface area contributed by atoms with Crippen LogP contribution in [-0.2, 0) is 17.8 Å². The molecule has 0 saturated carbocycles. The predicted octanol–water partition coefficient (Wildman–Crippen LogP) is 2.84. The molecule has 1 aliphatic heterocycles. The van der Waals surface area contributed by atoms with Crippen molar-refractivity contribution >= 4 is 22.4 Å². The first kappa shape index (κ1) is 21.6. The molecule has 9 heteroatoms. The van der Waals surface area contributed by atoms with E-state index >= 15 is 0 Å². The number of nitrogens with one attached hydrogen (secondary N) is 2. The van der Waals surface area contributed by atoms with Gasteiger partial charge in [0.15, 0.2) is 16.6 Å². The summed E-state index contributed by atoms with van der Waals surface area (Å²) < 4.78 is 10.5. The maximum absolute atomic E-state index is 12.6. The van der Waals surface area contributed by atoms with Gasteiger partial charge in [0.2, 0.25) is 0 Å². The lowest BCUT2D eigenvalue weighted by Crippen LogP contribution is -2.28. The van der Waals surface area contributed by atoms with Crippen LogP contribution in [0.4, 0.5) is 5.13 Å². The van der Waals surface area contributed by atoms with Crippen molar-refractivity contribution in [3.8, 4) is 17.6 Å². The van der Waals surface area contributed by atoms with Gasteiger partial charge in [0, 0.05) is 30.6 Å². The average Bonchev–Trinajstić information content (AvgIpc) is 3.15. The van der Waals surface area contributed by atoms with E-state index < -0.39 is 5.91 Å². The monoisotopic (exact) mass is 427 g/mol. The van der Waals surface area contributed by atoms with Gasteiger partial charge in [-0.15, -0.1) is 11.3 Å². The molecule has 1 amide bonds. The summed E-state index contributed by atoms with van der Waals surface area (Å²) in [5.74, 6) is 0.722. The minimum absolute atomic E-state index is 0.0207. The minimum atomic E-state index is -0.465. The van der Waals surface area contributed by atoms with E-state index in [9.17, 15) is 10.1 Å². The van der Waals surface area contributed by atoms with E-state index in [0.717, 1.165) is 30.8 Å². The van der Waals surface area contributed by atoms with Crippen LogP contribution in [0, 0.1) is 11.3 Å². The number of anilines is 1. The van der Waals surface area contributed by atoms with Crippen LogP contribution in [0.2, 0.25) is 0 Å². The fourth-order valence-electron chi connectivity index (χ4n) is 3.15. The number of hydrogen-bond donors (Lipinski definition) is 2. The minimum Gasteiger partial charge on any atom is -0.493 e. The van der Waals surface area contributed by atoms with Gasteiger partial charge in [0.1, 0.15) is 11.6 Å². The highest BCUT2D eigenvalue weighted by Crippen LogP contribution is 2.30. The first-order valence-corrected chi connectivity index (χ1v) is 10.3. The Morgan fingerprint density at radius 2 is 2.13 bits per heavy atom. The molecule has 3 rings (SSSR count). The number of benzene rings is 1. The molecule has 30 heavy (non-hydrogen) atoms. The lowest BCUT2D eigenvalue weighted by atomic mass is 10.1. The molecule has 0 radical (unpaired) electrons. The van der Waals surface area contributed by atoms with E-state index in [1.807, 2.05) is 19.1 Å². The number of thiazole rings is 1. The third-order valence-electron chi connectivity index (χ3n) is 4.88. The molecular formula is C21H25N5O3S. The van der Waals surface area contributed by atoms with Crippen molar-refractivity contribution in [2.75, 3.05) is 33.1 Å². The second kappa shape index (κ2) is 9.61. The highest BCUT2D eigenvalue weighted by molar-refractivity contribution is 7.15. The second-order valence-electron chi connectivity index (χ2n) is 7.00. The van der Waals surface area contributed by atoms with Crippen molar-refractivity contribution < 1.29 is 14.3 Å². The molecule has 0 aliphatic carbocycles. The Balaban J connectivity index is 1.66. The van der Waals surface area contributed by atoms with Gasteiger partial charge in [-0.25, -0.2) is 4.98 Å². The van der Waals surface area contributed by atoms with E-state index in [2.05, 4.69) is 27.6 Å². The lowest BCUT2D eigenvalue weighted by molar-refractivity contribution is -0.117. The maximum atomic E-state index is 12.6. The molecule has 2 heterocycles. The quantitative estimate of drug-likeness (QED) is 0.518. The van der Waals surface area contributed by atoms with Crippen LogP contribution in [0.3, 0.4) is 0 Å². The first-order chi connectivity index (χ1) is 14.4. The topological polar surface area (TPSA) is 99.5 Å². The van der Waals surface area contributed by atoms with E-state index in [0.29, 0.717) is 16.6 Å². The Kier molecular flexibility index (Phi) is 6.92. The fraction of sp³-hybridized carbons (Fsp3) is 0.381. The molecular weight excluding hydrogens is 402 g/mol. The maximum Gasteiger partial charge on any atom is 0.263 e. The number of likely N-dealkylation sites (N-methyl/N-ethyl adjacent to an activating group) is 1. The number of carbonyl (C=O) groups is 1. The zero-order chi connectivity index (χ0) is 21.7.